The second kappa shape index (κ2) is 6.96. The lowest BCUT2D eigenvalue weighted by Gasteiger charge is -2.34. The van der Waals surface area contributed by atoms with E-state index in [1.807, 2.05) is 0 Å². The first-order chi connectivity index (χ1) is 10.1. The van der Waals surface area contributed by atoms with E-state index in [1.165, 1.54) is 19.2 Å². The van der Waals surface area contributed by atoms with Crippen LogP contribution >= 0.6 is 0 Å². The monoisotopic (exact) mass is 293 g/mol. The van der Waals surface area contributed by atoms with Crippen molar-refractivity contribution in [1.82, 2.24) is 9.97 Å². The van der Waals surface area contributed by atoms with E-state index in [9.17, 15) is 0 Å². The van der Waals surface area contributed by atoms with Crippen molar-refractivity contribution in [2.75, 3.05) is 19.0 Å². The van der Waals surface area contributed by atoms with Crippen LogP contribution in [0.1, 0.15) is 52.9 Å². The van der Waals surface area contributed by atoms with Gasteiger partial charge in [0.1, 0.15) is 12.4 Å². The summed E-state index contributed by atoms with van der Waals surface area (Å²) in [4.78, 5) is 8.49. The van der Waals surface area contributed by atoms with Gasteiger partial charge in [0, 0.05) is 6.54 Å². The largest absolute Gasteiger partial charge is 0.489 e. The minimum atomic E-state index is 0.223. The Morgan fingerprint density at radius 1 is 1.29 bits per heavy atom. The average Bonchev–Trinajstić information content (AvgIpc) is 2.47. The van der Waals surface area contributed by atoms with Crippen LogP contribution < -0.4 is 14.8 Å². The van der Waals surface area contributed by atoms with Crippen molar-refractivity contribution in [2.24, 2.45) is 5.41 Å². The van der Waals surface area contributed by atoms with Gasteiger partial charge in [-0.15, -0.1) is 0 Å². The summed E-state index contributed by atoms with van der Waals surface area (Å²) in [7, 11) is 1.63. The summed E-state index contributed by atoms with van der Waals surface area (Å²) in [5, 5.41) is 3.25. The molecule has 1 heterocycles. The van der Waals surface area contributed by atoms with Crippen LogP contribution in [0.25, 0.3) is 0 Å². The topological polar surface area (TPSA) is 56.3 Å². The second-order valence-electron chi connectivity index (χ2n) is 6.47. The first kappa shape index (κ1) is 15.9. The molecular weight excluding hydrogens is 266 g/mol. The fourth-order valence-corrected chi connectivity index (χ4v) is 2.64. The highest BCUT2D eigenvalue weighted by Gasteiger charge is 2.29. The minimum Gasteiger partial charge on any atom is -0.489 e. The van der Waals surface area contributed by atoms with Gasteiger partial charge >= 0.3 is 0 Å². The molecule has 0 aromatic carbocycles. The number of rotatable bonds is 6. The molecule has 0 amide bonds. The number of hydrogen-bond acceptors (Lipinski definition) is 5. The number of nitrogens with zero attached hydrogens (tertiary/aromatic N) is 2. The summed E-state index contributed by atoms with van der Waals surface area (Å²) in [6.07, 6.45) is 7.29. The smallest absolute Gasteiger partial charge is 0.262 e. The molecule has 1 N–H and O–H groups in total. The van der Waals surface area contributed by atoms with Crippen molar-refractivity contribution in [1.29, 1.82) is 0 Å². The Morgan fingerprint density at radius 2 is 2.00 bits per heavy atom. The van der Waals surface area contributed by atoms with Gasteiger partial charge in [-0.1, -0.05) is 20.8 Å². The molecule has 0 aliphatic heterocycles. The van der Waals surface area contributed by atoms with Gasteiger partial charge in [0.05, 0.1) is 7.11 Å². The number of ether oxygens (including phenoxy) is 2. The molecule has 0 unspecified atom stereocenters. The predicted molar refractivity (Wildman–Crippen MR) is 84.0 cm³/mol. The second-order valence-corrected chi connectivity index (χ2v) is 6.47. The van der Waals surface area contributed by atoms with E-state index in [4.69, 9.17) is 9.47 Å². The lowest BCUT2D eigenvalue weighted by Crippen LogP contribution is -2.28. The molecule has 0 spiro atoms. The van der Waals surface area contributed by atoms with Crippen LogP contribution in [0.5, 0.6) is 11.6 Å². The van der Waals surface area contributed by atoms with E-state index in [0.717, 1.165) is 25.8 Å². The summed E-state index contributed by atoms with van der Waals surface area (Å²) >= 11 is 0. The first-order valence-corrected chi connectivity index (χ1v) is 7.85. The fraction of sp³-hybridized carbons (Fsp3) is 0.750. The molecule has 1 aromatic rings. The fourth-order valence-electron chi connectivity index (χ4n) is 2.64. The lowest BCUT2D eigenvalue weighted by atomic mass is 9.76. The number of aromatic nitrogens is 2. The molecule has 0 atom stereocenters. The van der Waals surface area contributed by atoms with Gasteiger partial charge < -0.3 is 14.8 Å². The van der Waals surface area contributed by atoms with Gasteiger partial charge in [-0.3, -0.25) is 0 Å². The van der Waals surface area contributed by atoms with Crippen LogP contribution in [0.4, 0.5) is 5.82 Å². The van der Waals surface area contributed by atoms with Crippen molar-refractivity contribution in [3.63, 3.8) is 0 Å². The van der Waals surface area contributed by atoms with Crippen LogP contribution in [0, 0.1) is 5.41 Å². The van der Waals surface area contributed by atoms with Crippen LogP contribution in [0.15, 0.2) is 6.33 Å². The van der Waals surface area contributed by atoms with Crippen molar-refractivity contribution in [3.8, 4) is 11.6 Å². The number of hydrogen-bond donors (Lipinski definition) is 1. The molecule has 1 aromatic heterocycles. The first-order valence-electron chi connectivity index (χ1n) is 7.85. The summed E-state index contributed by atoms with van der Waals surface area (Å²) in [6.45, 7) is 7.61. The van der Waals surface area contributed by atoms with Crippen LogP contribution in [0.3, 0.4) is 0 Å². The Bertz CT molecular complexity index is 453. The normalized spacial score (nSPS) is 18.3. The Hall–Kier alpha value is -1.52. The van der Waals surface area contributed by atoms with Crippen molar-refractivity contribution < 1.29 is 9.47 Å². The third-order valence-electron chi connectivity index (χ3n) is 4.08. The standard InChI is InChI=1S/C16H27N3O2/c1-5-10-17-14-13(20-4)15(19-11-18-14)21-12-6-8-16(2,3)9-7-12/h11-12H,5-10H2,1-4H3,(H,17,18,19). The van der Waals surface area contributed by atoms with E-state index < -0.39 is 0 Å². The van der Waals surface area contributed by atoms with Gasteiger partial charge in [-0.05, 0) is 37.5 Å². The van der Waals surface area contributed by atoms with Gasteiger partial charge in [0.15, 0.2) is 5.82 Å². The maximum atomic E-state index is 6.08. The van der Waals surface area contributed by atoms with Crippen molar-refractivity contribution in [3.05, 3.63) is 6.33 Å². The van der Waals surface area contributed by atoms with Crippen molar-refractivity contribution >= 4 is 5.82 Å². The van der Waals surface area contributed by atoms with Crippen LogP contribution in [0.2, 0.25) is 0 Å². The van der Waals surface area contributed by atoms with Crippen LogP contribution in [-0.4, -0.2) is 29.7 Å². The van der Waals surface area contributed by atoms with Crippen molar-refractivity contribution in [2.45, 2.75) is 59.0 Å². The van der Waals surface area contributed by atoms with E-state index in [-0.39, 0.29) is 6.10 Å². The third kappa shape index (κ3) is 4.22. The highest BCUT2D eigenvalue weighted by atomic mass is 16.5. The summed E-state index contributed by atoms with van der Waals surface area (Å²) in [5.74, 6) is 1.87. The van der Waals surface area contributed by atoms with E-state index in [0.29, 0.717) is 22.9 Å². The Labute approximate surface area is 127 Å². The number of methoxy groups -OCH3 is 1. The van der Waals surface area contributed by atoms with Gasteiger partial charge in [-0.25, -0.2) is 4.98 Å². The van der Waals surface area contributed by atoms with E-state index in [2.05, 4.69) is 36.1 Å². The number of anilines is 1. The Kier molecular flexibility index (Phi) is 5.26. The molecule has 0 radical (unpaired) electrons. The molecule has 21 heavy (non-hydrogen) atoms. The molecule has 118 valence electrons. The minimum absolute atomic E-state index is 0.223. The molecular formula is C16H27N3O2. The maximum Gasteiger partial charge on any atom is 0.262 e. The summed E-state index contributed by atoms with van der Waals surface area (Å²) in [6, 6.07) is 0. The Balaban J connectivity index is 2.06. The van der Waals surface area contributed by atoms with Gasteiger partial charge in [-0.2, -0.15) is 4.98 Å². The molecule has 5 heteroatoms. The molecule has 5 nitrogen and oxygen atoms in total. The van der Waals surface area contributed by atoms with Gasteiger partial charge in [0.25, 0.3) is 5.88 Å². The molecule has 1 fully saturated rings. The molecule has 1 aliphatic carbocycles. The molecule has 2 rings (SSSR count). The van der Waals surface area contributed by atoms with Gasteiger partial charge in [0.2, 0.25) is 5.75 Å². The van der Waals surface area contributed by atoms with Crippen LogP contribution in [-0.2, 0) is 0 Å². The lowest BCUT2D eigenvalue weighted by molar-refractivity contribution is 0.0919. The zero-order valence-electron chi connectivity index (χ0n) is 13.6. The number of nitrogens with one attached hydrogen (secondary N) is 1. The highest BCUT2D eigenvalue weighted by Crippen LogP contribution is 2.38. The van der Waals surface area contributed by atoms with E-state index in [1.54, 1.807) is 7.11 Å². The molecule has 0 saturated heterocycles. The summed E-state index contributed by atoms with van der Waals surface area (Å²) in [5.41, 5.74) is 0.434. The average molecular weight is 293 g/mol. The zero-order valence-corrected chi connectivity index (χ0v) is 13.6. The maximum absolute atomic E-state index is 6.08. The SMILES string of the molecule is CCCNc1ncnc(OC2CCC(C)(C)CC2)c1OC. The Morgan fingerprint density at radius 3 is 2.62 bits per heavy atom. The summed E-state index contributed by atoms with van der Waals surface area (Å²) < 4.78 is 11.5. The predicted octanol–water partition coefficient (Wildman–Crippen LogP) is 3.65. The zero-order chi connectivity index (χ0) is 15.3. The highest BCUT2D eigenvalue weighted by molar-refractivity contribution is 5.55. The molecule has 1 aliphatic rings. The quantitative estimate of drug-likeness (QED) is 0.867. The molecule has 1 saturated carbocycles. The molecule has 0 bridgehead atoms. The third-order valence-corrected chi connectivity index (χ3v) is 4.08. The van der Waals surface area contributed by atoms with E-state index >= 15 is 0 Å².